The summed E-state index contributed by atoms with van der Waals surface area (Å²) in [6.07, 6.45) is -0.233. The van der Waals surface area contributed by atoms with Crippen molar-refractivity contribution in [3.8, 4) is 5.75 Å². The van der Waals surface area contributed by atoms with Gasteiger partial charge >= 0.3 is 11.6 Å². The van der Waals surface area contributed by atoms with E-state index in [0.717, 1.165) is 0 Å². The Morgan fingerprint density at radius 2 is 2.09 bits per heavy atom. The van der Waals surface area contributed by atoms with Crippen LogP contribution in [0.3, 0.4) is 0 Å². The summed E-state index contributed by atoms with van der Waals surface area (Å²) in [5.74, 6) is -1.14. The van der Waals surface area contributed by atoms with Gasteiger partial charge in [-0.2, -0.15) is 0 Å². The van der Waals surface area contributed by atoms with Crippen molar-refractivity contribution in [3.05, 3.63) is 39.7 Å². The molecule has 1 amide bonds. The average molecular weight is 305 g/mol. The van der Waals surface area contributed by atoms with Crippen LogP contribution >= 0.6 is 0 Å². The molecule has 0 atom stereocenters. The molecule has 0 aliphatic carbocycles. The van der Waals surface area contributed by atoms with Crippen molar-refractivity contribution in [2.45, 2.75) is 13.3 Å². The maximum absolute atomic E-state index is 12.0. The molecule has 0 radical (unpaired) electrons. The molecule has 0 aliphatic rings. The van der Waals surface area contributed by atoms with Crippen molar-refractivity contribution < 1.29 is 23.8 Å². The van der Waals surface area contributed by atoms with Gasteiger partial charge in [0.25, 0.3) is 0 Å². The molecule has 0 unspecified atom stereocenters. The minimum atomic E-state index is -1.15. The number of carbonyl (C=O) groups excluding carboxylic acids is 1. The van der Waals surface area contributed by atoms with Crippen molar-refractivity contribution in [1.29, 1.82) is 0 Å². The van der Waals surface area contributed by atoms with Crippen molar-refractivity contribution in [1.82, 2.24) is 5.32 Å². The van der Waals surface area contributed by atoms with Gasteiger partial charge in [0.2, 0.25) is 5.91 Å². The zero-order chi connectivity index (χ0) is 16.3. The Morgan fingerprint density at radius 3 is 2.73 bits per heavy atom. The number of benzene rings is 1. The van der Waals surface area contributed by atoms with Gasteiger partial charge in [-0.1, -0.05) is 0 Å². The number of methoxy groups -OCH3 is 1. The second-order valence-electron chi connectivity index (χ2n) is 4.70. The zero-order valence-corrected chi connectivity index (χ0v) is 12.1. The van der Waals surface area contributed by atoms with E-state index in [1.165, 1.54) is 7.11 Å². The van der Waals surface area contributed by atoms with Crippen LogP contribution in [0.25, 0.3) is 11.0 Å². The molecule has 116 valence electrons. The molecule has 2 aromatic rings. The monoisotopic (exact) mass is 305 g/mol. The summed E-state index contributed by atoms with van der Waals surface area (Å²) in [6, 6.07) is 5.06. The van der Waals surface area contributed by atoms with Crippen LogP contribution in [-0.4, -0.2) is 30.6 Å². The summed E-state index contributed by atoms with van der Waals surface area (Å²) in [4.78, 5) is 34.1. The molecule has 22 heavy (non-hydrogen) atoms. The van der Waals surface area contributed by atoms with Gasteiger partial charge in [-0.15, -0.1) is 0 Å². The Labute approximate surface area is 125 Å². The van der Waals surface area contributed by atoms with E-state index in [2.05, 4.69) is 5.32 Å². The summed E-state index contributed by atoms with van der Waals surface area (Å²) in [7, 11) is 1.51. The quantitative estimate of drug-likeness (QED) is 0.793. The number of nitrogens with one attached hydrogen (secondary N) is 1. The highest BCUT2D eigenvalue weighted by molar-refractivity contribution is 5.86. The Morgan fingerprint density at radius 1 is 1.36 bits per heavy atom. The van der Waals surface area contributed by atoms with Crippen LogP contribution in [0.15, 0.2) is 27.4 Å². The standard InChI is InChI=1S/C15H15NO6/c1-8-10-4-3-9(21-2)5-12(10)22-15(20)11(8)6-13(17)16-7-14(18)19/h3-5H,6-7H2,1-2H3,(H,16,17)(H,18,19). The van der Waals surface area contributed by atoms with Crippen LogP contribution < -0.4 is 15.7 Å². The number of carbonyl (C=O) groups is 2. The van der Waals surface area contributed by atoms with Gasteiger partial charge in [0.15, 0.2) is 0 Å². The number of carboxylic acids is 1. The van der Waals surface area contributed by atoms with Crippen molar-refractivity contribution in [3.63, 3.8) is 0 Å². The molecule has 1 heterocycles. The third-order valence-corrected chi connectivity index (χ3v) is 3.27. The number of fused-ring (bicyclic) bond motifs is 1. The van der Waals surface area contributed by atoms with Gasteiger partial charge in [0, 0.05) is 11.5 Å². The lowest BCUT2D eigenvalue weighted by molar-refractivity contribution is -0.137. The van der Waals surface area contributed by atoms with E-state index in [1.54, 1.807) is 25.1 Å². The second kappa shape index (κ2) is 6.30. The molecule has 0 fully saturated rings. The van der Waals surface area contributed by atoms with E-state index in [-0.39, 0.29) is 12.0 Å². The number of carboxylic acid groups (broad SMARTS) is 1. The minimum Gasteiger partial charge on any atom is -0.497 e. The van der Waals surface area contributed by atoms with Crippen LogP contribution in [0, 0.1) is 6.92 Å². The maximum Gasteiger partial charge on any atom is 0.340 e. The zero-order valence-electron chi connectivity index (χ0n) is 12.1. The fraction of sp³-hybridized carbons (Fsp3) is 0.267. The lowest BCUT2D eigenvalue weighted by Gasteiger charge is -2.08. The maximum atomic E-state index is 12.0. The molecule has 0 aliphatic heterocycles. The normalized spacial score (nSPS) is 10.5. The number of rotatable bonds is 5. The molecule has 2 N–H and O–H groups in total. The third kappa shape index (κ3) is 3.25. The molecular weight excluding hydrogens is 290 g/mol. The van der Waals surface area contributed by atoms with Crippen LogP contribution in [-0.2, 0) is 16.0 Å². The van der Waals surface area contributed by atoms with E-state index in [1.807, 2.05) is 0 Å². The number of aliphatic carboxylic acids is 1. The van der Waals surface area contributed by atoms with Crippen LogP contribution in [0.4, 0.5) is 0 Å². The fourth-order valence-electron chi connectivity index (χ4n) is 2.10. The first-order valence-electron chi connectivity index (χ1n) is 6.51. The minimum absolute atomic E-state index is 0.209. The number of hydrogen-bond acceptors (Lipinski definition) is 5. The van der Waals surface area contributed by atoms with Gasteiger partial charge < -0.3 is 19.6 Å². The number of aryl methyl sites for hydroxylation is 1. The first-order valence-corrected chi connectivity index (χ1v) is 6.51. The second-order valence-corrected chi connectivity index (χ2v) is 4.70. The largest absolute Gasteiger partial charge is 0.497 e. The van der Waals surface area contributed by atoms with Gasteiger partial charge in [0.05, 0.1) is 19.1 Å². The van der Waals surface area contributed by atoms with Crippen LogP contribution in [0.2, 0.25) is 0 Å². The highest BCUT2D eigenvalue weighted by atomic mass is 16.5. The van der Waals surface area contributed by atoms with Gasteiger partial charge in [0.1, 0.15) is 17.9 Å². The number of amides is 1. The Hall–Kier alpha value is -2.83. The Kier molecular flexibility index (Phi) is 4.45. The summed E-state index contributed by atoms with van der Waals surface area (Å²) in [5.41, 5.74) is 0.584. The molecule has 0 spiro atoms. The SMILES string of the molecule is COc1ccc2c(C)c(CC(=O)NCC(=O)O)c(=O)oc2c1. The summed E-state index contributed by atoms with van der Waals surface area (Å²) < 4.78 is 10.3. The molecule has 2 rings (SSSR count). The molecule has 0 saturated heterocycles. The number of hydrogen-bond donors (Lipinski definition) is 2. The fourth-order valence-corrected chi connectivity index (χ4v) is 2.10. The lowest BCUT2D eigenvalue weighted by atomic mass is 10.0. The predicted octanol–water partition coefficient (Wildman–Crippen LogP) is 0.853. The lowest BCUT2D eigenvalue weighted by Crippen LogP contribution is -2.32. The van der Waals surface area contributed by atoms with Crippen LogP contribution in [0.5, 0.6) is 5.75 Å². The first kappa shape index (κ1) is 15.6. The van der Waals surface area contributed by atoms with E-state index in [0.29, 0.717) is 22.3 Å². The van der Waals surface area contributed by atoms with E-state index < -0.39 is 24.0 Å². The average Bonchev–Trinajstić information content (AvgIpc) is 2.48. The summed E-state index contributed by atoms with van der Waals surface area (Å²) >= 11 is 0. The summed E-state index contributed by atoms with van der Waals surface area (Å²) in [5, 5.41) is 11.4. The van der Waals surface area contributed by atoms with Gasteiger partial charge in [-0.05, 0) is 24.6 Å². The Bertz CT molecular complexity index is 792. The Balaban J connectivity index is 2.36. The van der Waals surface area contributed by atoms with Crippen LogP contribution in [0.1, 0.15) is 11.1 Å². The third-order valence-electron chi connectivity index (χ3n) is 3.27. The molecule has 0 saturated carbocycles. The van der Waals surface area contributed by atoms with Crippen molar-refractivity contribution in [2.24, 2.45) is 0 Å². The van der Waals surface area contributed by atoms with E-state index >= 15 is 0 Å². The molecule has 7 heteroatoms. The highest BCUT2D eigenvalue weighted by Crippen LogP contribution is 2.24. The molecule has 7 nitrogen and oxygen atoms in total. The topological polar surface area (TPSA) is 106 Å². The van der Waals surface area contributed by atoms with Crippen molar-refractivity contribution >= 4 is 22.8 Å². The molecule has 1 aromatic carbocycles. The van der Waals surface area contributed by atoms with Gasteiger partial charge in [-0.3, -0.25) is 9.59 Å². The molecule has 0 bridgehead atoms. The number of ether oxygens (including phenoxy) is 1. The molecule has 1 aromatic heterocycles. The van der Waals surface area contributed by atoms with E-state index in [9.17, 15) is 14.4 Å². The molecular formula is C15H15NO6. The van der Waals surface area contributed by atoms with Gasteiger partial charge in [-0.25, -0.2) is 4.79 Å². The predicted molar refractivity (Wildman–Crippen MR) is 78.1 cm³/mol. The summed E-state index contributed by atoms with van der Waals surface area (Å²) in [6.45, 7) is 1.22. The smallest absolute Gasteiger partial charge is 0.340 e. The van der Waals surface area contributed by atoms with Crippen molar-refractivity contribution in [2.75, 3.05) is 13.7 Å². The first-order chi connectivity index (χ1) is 10.4. The van der Waals surface area contributed by atoms with E-state index in [4.69, 9.17) is 14.3 Å². The highest BCUT2D eigenvalue weighted by Gasteiger charge is 2.15.